The number of aliphatic hydroxyl groups is 7. The van der Waals surface area contributed by atoms with Crippen molar-refractivity contribution in [1.29, 1.82) is 0 Å². The molecule has 0 saturated carbocycles. The summed E-state index contributed by atoms with van der Waals surface area (Å²) in [6, 6.07) is 0. The molecule has 0 spiro atoms. The van der Waals surface area contributed by atoms with E-state index in [-0.39, 0.29) is 25.6 Å². The maximum atomic E-state index is 13.0. The molecule has 0 aromatic carbocycles. The van der Waals surface area contributed by atoms with E-state index < -0.39 is 80.7 Å². The zero-order chi connectivity index (χ0) is 46.6. The third kappa shape index (κ3) is 26.1. The first kappa shape index (κ1) is 58.6. The molecule has 0 bridgehead atoms. The van der Waals surface area contributed by atoms with Gasteiger partial charge in [0.2, 0.25) is 0 Å². The Bertz CT molecular complexity index is 1160. The zero-order valence-corrected chi connectivity index (χ0v) is 39.8. The molecule has 64 heavy (non-hydrogen) atoms. The Labute approximate surface area is 386 Å². The van der Waals surface area contributed by atoms with E-state index in [1.165, 1.54) is 116 Å². The second kappa shape index (κ2) is 38.4. The zero-order valence-electron chi connectivity index (χ0n) is 39.8. The molecule has 2 aliphatic rings. The molecule has 11 atom stereocenters. The van der Waals surface area contributed by atoms with Crippen LogP contribution in [0.15, 0.2) is 24.3 Å². The largest absolute Gasteiger partial charge is 0.457 e. The van der Waals surface area contributed by atoms with Crippen molar-refractivity contribution in [2.75, 3.05) is 33.0 Å². The van der Waals surface area contributed by atoms with Crippen LogP contribution in [-0.2, 0) is 33.2 Å². The lowest BCUT2D eigenvalue weighted by atomic mass is 9.98. The highest BCUT2D eigenvalue weighted by molar-refractivity contribution is 5.69. The van der Waals surface area contributed by atoms with E-state index in [0.717, 1.165) is 44.9 Å². The van der Waals surface area contributed by atoms with E-state index in [2.05, 4.69) is 38.2 Å². The van der Waals surface area contributed by atoms with Gasteiger partial charge in [-0.2, -0.15) is 0 Å². The smallest absolute Gasteiger partial charge is 0.306 e. The van der Waals surface area contributed by atoms with Crippen LogP contribution in [0.3, 0.4) is 0 Å². The average Bonchev–Trinajstić information content (AvgIpc) is 3.29. The van der Waals surface area contributed by atoms with Crippen molar-refractivity contribution in [3.05, 3.63) is 24.3 Å². The molecule has 2 rings (SSSR count). The van der Waals surface area contributed by atoms with Crippen molar-refractivity contribution in [3.63, 3.8) is 0 Å². The second-order valence-corrected chi connectivity index (χ2v) is 18.0. The maximum Gasteiger partial charge on any atom is 0.306 e. The van der Waals surface area contributed by atoms with Crippen molar-refractivity contribution in [1.82, 2.24) is 0 Å². The van der Waals surface area contributed by atoms with Crippen LogP contribution >= 0.6 is 0 Å². The van der Waals surface area contributed by atoms with Crippen LogP contribution in [0.1, 0.15) is 187 Å². The summed E-state index contributed by atoms with van der Waals surface area (Å²) in [6.45, 7) is 3.64. The average molecular weight is 917 g/mol. The molecule has 2 heterocycles. The molecule has 0 radical (unpaired) electrons. The molecule has 0 aromatic rings. The number of rotatable bonds is 40. The van der Waals surface area contributed by atoms with Gasteiger partial charge in [-0.15, -0.1) is 0 Å². The van der Waals surface area contributed by atoms with Crippen LogP contribution in [-0.4, -0.2) is 142 Å². The van der Waals surface area contributed by atoms with Gasteiger partial charge in [-0.25, -0.2) is 0 Å². The topological polar surface area (TPSA) is 214 Å². The quantitative estimate of drug-likeness (QED) is 0.0184. The molecule has 0 aliphatic carbocycles. The number of carbonyl (C=O) groups excluding carboxylic acids is 1. The molecule has 0 amide bonds. The predicted octanol–water partition coefficient (Wildman–Crippen LogP) is 7.24. The highest BCUT2D eigenvalue weighted by atomic mass is 16.7. The molecule has 11 unspecified atom stereocenters. The third-order valence-corrected chi connectivity index (χ3v) is 12.2. The summed E-state index contributed by atoms with van der Waals surface area (Å²) in [5, 5.41) is 71.9. The van der Waals surface area contributed by atoms with Gasteiger partial charge in [0.15, 0.2) is 12.6 Å². The van der Waals surface area contributed by atoms with E-state index in [0.29, 0.717) is 13.0 Å². The van der Waals surface area contributed by atoms with Crippen LogP contribution in [0, 0.1) is 0 Å². The maximum absolute atomic E-state index is 13.0. The van der Waals surface area contributed by atoms with Gasteiger partial charge in [-0.3, -0.25) is 4.79 Å². The molecule has 2 fully saturated rings. The van der Waals surface area contributed by atoms with Crippen molar-refractivity contribution in [2.24, 2.45) is 0 Å². The van der Waals surface area contributed by atoms with Crippen LogP contribution in [0.2, 0.25) is 0 Å². The van der Waals surface area contributed by atoms with E-state index in [9.17, 15) is 40.5 Å². The predicted molar refractivity (Wildman–Crippen MR) is 247 cm³/mol. The summed E-state index contributed by atoms with van der Waals surface area (Å²) in [6.07, 6.45) is 24.1. The third-order valence-electron chi connectivity index (χ3n) is 12.2. The highest BCUT2D eigenvalue weighted by Gasteiger charge is 2.47. The Balaban J connectivity index is 1.68. The molecule has 0 aromatic heterocycles. The summed E-state index contributed by atoms with van der Waals surface area (Å²) in [4.78, 5) is 13.0. The van der Waals surface area contributed by atoms with Crippen molar-refractivity contribution >= 4 is 5.97 Å². The molecule has 14 heteroatoms. The van der Waals surface area contributed by atoms with E-state index in [1.54, 1.807) is 0 Å². The van der Waals surface area contributed by atoms with Gasteiger partial charge in [0.25, 0.3) is 0 Å². The fraction of sp³-hybridized carbons (Fsp3) is 0.900. The van der Waals surface area contributed by atoms with Crippen molar-refractivity contribution in [3.8, 4) is 0 Å². The summed E-state index contributed by atoms with van der Waals surface area (Å²) >= 11 is 0. The highest BCUT2D eigenvalue weighted by Crippen LogP contribution is 2.26. The monoisotopic (exact) mass is 917 g/mol. The summed E-state index contributed by atoms with van der Waals surface area (Å²) in [5.41, 5.74) is 0. The second-order valence-electron chi connectivity index (χ2n) is 18.0. The Morgan fingerprint density at radius 2 is 0.969 bits per heavy atom. The van der Waals surface area contributed by atoms with Gasteiger partial charge in [0.1, 0.15) is 54.9 Å². The molecule has 7 N–H and O–H groups in total. The van der Waals surface area contributed by atoms with Gasteiger partial charge in [0, 0.05) is 13.0 Å². The standard InChI is InChI=1S/C50H92O14/c1-3-5-7-9-11-12-13-14-15-16-17-18-19-20-21-22-23-24-25-26-27-29-31-33-42(52)62-39(36-59-34-32-30-28-10-8-6-4-2)37-60-49-48(58)46(56)44(54)41(64-49)38-61-50-47(57)45(55)43(53)40(35-51)63-50/h13-14,16-17,39-41,43-51,53-58H,3-12,15,18-38H2,1-2H3/b14-13-,17-16-. The minimum atomic E-state index is -1.70. The summed E-state index contributed by atoms with van der Waals surface area (Å²) in [5.74, 6) is -0.379. The fourth-order valence-electron chi connectivity index (χ4n) is 8.02. The molecule has 2 saturated heterocycles. The lowest BCUT2D eigenvalue weighted by Gasteiger charge is -2.42. The number of ether oxygens (including phenoxy) is 6. The summed E-state index contributed by atoms with van der Waals surface area (Å²) < 4.78 is 34.1. The van der Waals surface area contributed by atoms with Gasteiger partial charge < -0.3 is 64.2 Å². The number of carbonyl (C=O) groups is 1. The van der Waals surface area contributed by atoms with E-state index >= 15 is 0 Å². The Kier molecular flexibility index (Phi) is 35.2. The Morgan fingerprint density at radius 1 is 0.516 bits per heavy atom. The SMILES string of the molecule is CCCCCCC/C=C\C/C=C\CCCCCCCCCCCCCC(=O)OC(COCCCCCCCCC)COC1OC(COC2OC(CO)C(O)C(O)C2O)C(O)C(O)C1O. The van der Waals surface area contributed by atoms with E-state index in [1.807, 2.05) is 0 Å². The lowest BCUT2D eigenvalue weighted by molar-refractivity contribution is -0.332. The minimum absolute atomic E-state index is 0.0630. The van der Waals surface area contributed by atoms with Gasteiger partial charge in [-0.1, -0.05) is 160 Å². The first-order chi connectivity index (χ1) is 31.1. The van der Waals surface area contributed by atoms with Crippen LogP contribution in [0.25, 0.3) is 0 Å². The van der Waals surface area contributed by atoms with Crippen molar-refractivity contribution < 1.29 is 69.0 Å². The Morgan fingerprint density at radius 3 is 1.50 bits per heavy atom. The molecule has 14 nitrogen and oxygen atoms in total. The Hall–Kier alpha value is -1.53. The first-order valence-electron chi connectivity index (χ1n) is 25.4. The van der Waals surface area contributed by atoms with E-state index in [4.69, 9.17) is 28.4 Å². The number of aliphatic hydroxyl groups excluding tert-OH is 7. The van der Waals surface area contributed by atoms with Crippen LogP contribution in [0.4, 0.5) is 0 Å². The molecular formula is C50H92O14. The number of unbranched alkanes of at least 4 members (excludes halogenated alkanes) is 22. The minimum Gasteiger partial charge on any atom is -0.457 e. The first-order valence-corrected chi connectivity index (χ1v) is 25.4. The molecule has 376 valence electrons. The molecular weight excluding hydrogens is 825 g/mol. The lowest BCUT2D eigenvalue weighted by Crippen LogP contribution is -2.61. The summed E-state index contributed by atoms with van der Waals surface area (Å²) in [7, 11) is 0. The van der Waals surface area contributed by atoms with Crippen LogP contribution in [0.5, 0.6) is 0 Å². The number of allylic oxidation sites excluding steroid dienone is 4. The van der Waals surface area contributed by atoms with Crippen LogP contribution < -0.4 is 0 Å². The number of hydrogen-bond donors (Lipinski definition) is 7. The number of hydrogen-bond acceptors (Lipinski definition) is 14. The fourth-order valence-corrected chi connectivity index (χ4v) is 8.02. The normalized spacial score (nSPS) is 26.9. The van der Waals surface area contributed by atoms with Crippen molar-refractivity contribution in [2.45, 2.75) is 255 Å². The number of esters is 1. The molecule has 2 aliphatic heterocycles. The van der Waals surface area contributed by atoms with Gasteiger partial charge in [-0.05, 0) is 44.9 Å². The van der Waals surface area contributed by atoms with Gasteiger partial charge in [0.05, 0.1) is 26.4 Å². The van der Waals surface area contributed by atoms with Gasteiger partial charge >= 0.3 is 5.97 Å².